The van der Waals surface area contributed by atoms with E-state index in [4.69, 9.17) is 0 Å². The van der Waals surface area contributed by atoms with Gasteiger partial charge in [-0.05, 0) is 12.8 Å². The molecule has 0 aliphatic heterocycles. The van der Waals surface area contributed by atoms with Gasteiger partial charge in [0.25, 0.3) is 0 Å². The van der Waals surface area contributed by atoms with E-state index in [-0.39, 0.29) is 72.0 Å². The average molecular weight is 290 g/mol. The van der Waals surface area contributed by atoms with E-state index in [1.54, 1.807) is 0 Å². The normalized spacial score (nSPS) is 11.4. The van der Waals surface area contributed by atoms with Crippen molar-refractivity contribution in [2.45, 2.75) is 25.7 Å². The largest absolute Gasteiger partial charge is 1.00 e. The van der Waals surface area contributed by atoms with E-state index in [0.717, 1.165) is 0 Å². The van der Waals surface area contributed by atoms with Crippen molar-refractivity contribution in [3.05, 3.63) is 0 Å². The summed E-state index contributed by atoms with van der Waals surface area (Å²) in [7, 11) is -8.34. The van der Waals surface area contributed by atoms with Gasteiger partial charge in [0.2, 0.25) is 0 Å². The fraction of sp³-hybridized carbons (Fsp3) is 1.00. The van der Waals surface area contributed by atoms with Gasteiger partial charge in [-0.15, -0.1) is 0 Å². The van der Waals surface area contributed by atoms with Gasteiger partial charge in [0.05, 0.1) is 20.2 Å². The molecule has 0 aromatic heterocycles. The Hall–Kier alpha value is 1.82. The summed E-state index contributed by atoms with van der Waals surface area (Å²) in [5.74, 6) is -0.867. The molecule has 0 fully saturated rings. The third-order valence-electron chi connectivity index (χ3n) is 1.54. The van der Waals surface area contributed by atoms with E-state index in [2.05, 4.69) is 0 Å². The van der Waals surface area contributed by atoms with Crippen molar-refractivity contribution in [1.29, 1.82) is 0 Å². The van der Waals surface area contributed by atoms with Crippen molar-refractivity contribution < 1.29 is 85.1 Å². The molecule has 0 aliphatic rings. The van der Waals surface area contributed by atoms with Gasteiger partial charge >= 0.3 is 59.1 Å². The smallest absolute Gasteiger partial charge is 0.748 e. The summed E-state index contributed by atoms with van der Waals surface area (Å²) < 4.78 is 60.7. The molecule has 86 valence electrons. The van der Waals surface area contributed by atoms with Crippen LogP contribution in [0, 0.1) is 0 Å². The predicted molar refractivity (Wildman–Crippen MR) is 47.6 cm³/mol. The quantitative estimate of drug-likeness (QED) is 0.262. The van der Waals surface area contributed by atoms with Gasteiger partial charge in [0, 0.05) is 11.5 Å². The van der Waals surface area contributed by atoms with E-state index in [1.165, 1.54) is 0 Å². The maximum absolute atomic E-state index is 10.1. The summed E-state index contributed by atoms with van der Waals surface area (Å²) in [5.41, 5.74) is 0. The van der Waals surface area contributed by atoms with Gasteiger partial charge in [-0.25, -0.2) is 16.8 Å². The van der Waals surface area contributed by atoms with Crippen LogP contribution in [0.15, 0.2) is 0 Å². The third-order valence-corrected chi connectivity index (χ3v) is 3.12. The SMILES string of the molecule is O=S(=O)([O-])CCCCCCS(=O)(=O)[O-].[Na+].[Na+]. The molecule has 0 saturated heterocycles. The van der Waals surface area contributed by atoms with Crippen LogP contribution in [0.3, 0.4) is 0 Å². The minimum Gasteiger partial charge on any atom is -0.748 e. The Labute approximate surface area is 141 Å². The third kappa shape index (κ3) is 21.1. The Bertz CT molecular complexity index is 313. The zero-order chi connectivity index (χ0) is 11.2. The first-order chi connectivity index (χ1) is 6.21. The minimum atomic E-state index is -4.17. The summed E-state index contributed by atoms with van der Waals surface area (Å²) in [4.78, 5) is 0. The number of rotatable bonds is 7. The number of unbranched alkanes of at least 4 members (excludes halogenated alkanes) is 3. The molecule has 0 spiro atoms. The van der Waals surface area contributed by atoms with Gasteiger partial charge in [0.15, 0.2) is 0 Å². The van der Waals surface area contributed by atoms with Gasteiger partial charge in [-0.3, -0.25) is 0 Å². The molecule has 6 nitrogen and oxygen atoms in total. The molecule has 0 atom stereocenters. The summed E-state index contributed by atoms with van der Waals surface area (Å²) >= 11 is 0. The topological polar surface area (TPSA) is 114 Å². The Morgan fingerprint density at radius 1 is 0.625 bits per heavy atom. The van der Waals surface area contributed by atoms with E-state index in [1.807, 2.05) is 0 Å². The monoisotopic (exact) mass is 290 g/mol. The number of hydrogen-bond acceptors (Lipinski definition) is 6. The van der Waals surface area contributed by atoms with Crippen LogP contribution in [0.4, 0.5) is 0 Å². The Balaban J connectivity index is -0.000000845. The maximum Gasteiger partial charge on any atom is 1.00 e. The fourth-order valence-electron chi connectivity index (χ4n) is 0.911. The van der Waals surface area contributed by atoms with Crippen LogP contribution in [0.1, 0.15) is 25.7 Å². The van der Waals surface area contributed by atoms with E-state index >= 15 is 0 Å². The first-order valence-corrected chi connectivity index (χ1v) is 7.23. The molecule has 0 saturated carbocycles. The molecule has 0 N–H and O–H groups in total. The summed E-state index contributed by atoms with van der Waals surface area (Å²) in [6, 6.07) is 0. The van der Waals surface area contributed by atoms with Crippen LogP contribution in [-0.2, 0) is 20.2 Å². The number of hydrogen-bond donors (Lipinski definition) is 0. The predicted octanol–water partition coefficient (Wildman–Crippen LogP) is -6.35. The second-order valence-corrected chi connectivity index (χ2v) is 5.99. The molecule has 0 bridgehead atoms. The van der Waals surface area contributed by atoms with Gasteiger partial charge in [0.1, 0.15) is 0 Å². The minimum absolute atomic E-state index is 0. The van der Waals surface area contributed by atoms with E-state index < -0.39 is 31.7 Å². The Morgan fingerprint density at radius 3 is 1.06 bits per heavy atom. The first kappa shape index (κ1) is 23.0. The van der Waals surface area contributed by atoms with Crippen LogP contribution in [-0.4, -0.2) is 37.4 Å². The van der Waals surface area contributed by atoms with Crippen LogP contribution >= 0.6 is 0 Å². The van der Waals surface area contributed by atoms with Crippen LogP contribution in [0.5, 0.6) is 0 Å². The van der Waals surface area contributed by atoms with Gasteiger partial charge in [-0.2, -0.15) is 0 Å². The van der Waals surface area contributed by atoms with Crippen molar-refractivity contribution in [1.82, 2.24) is 0 Å². The van der Waals surface area contributed by atoms with Crippen LogP contribution in [0.25, 0.3) is 0 Å². The van der Waals surface area contributed by atoms with Crippen molar-refractivity contribution in [3.63, 3.8) is 0 Å². The molecular weight excluding hydrogens is 278 g/mol. The molecular formula is C6H12Na2O6S2. The molecule has 10 heteroatoms. The first-order valence-electron chi connectivity index (χ1n) is 4.08. The second kappa shape index (κ2) is 10.7. The van der Waals surface area contributed by atoms with Crippen LogP contribution < -0.4 is 59.1 Å². The molecule has 16 heavy (non-hydrogen) atoms. The summed E-state index contributed by atoms with van der Waals surface area (Å²) in [6.45, 7) is 0. The van der Waals surface area contributed by atoms with Crippen LogP contribution in [0.2, 0.25) is 0 Å². The Kier molecular flexibility index (Phi) is 15.4. The molecule has 0 rings (SSSR count). The molecule has 0 aromatic rings. The van der Waals surface area contributed by atoms with Gasteiger partial charge in [-0.1, -0.05) is 12.8 Å². The Morgan fingerprint density at radius 2 is 0.875 bits per heavy atom. The molecule has 0 radical (unpaired) electrons. The van der Waals surface area contributed by atoms with Crippen molar-refractivity contribution in [3.8, 4) is 0 Å². The van der Waals surface area contributed by atoms with Crippen molar-refractivity contribution >= 4 is 20.2 Å². The summed E-state index contributed by atoms with van der Waals surface area (Å²) in [6.07, 6.45) is 1.31. The standard InChI is InChI=1S/C6H14O6S2.2Na/c7-13(8,9)5-3-1-2-4-6-14(10,11)12;;/h1-6H2,(H,7,8,9)(H,10,11,12);;/q;2*+1/p-2. The molecule has 0 unspecified atom stereocenters. The van der Waals surface area contributed by atoms with Gasteiger partial charge < -0.3 is 9.11 Å². The fourth-order valence-corrected chi connectivity index (χ4v) is 2.03. The van der Waals surface area contributed by atoms with E-state index in [9.17, 15) is 25.9 Å². The molecule has 0 aromatic carbocycles. The second-order valence-electron chi connectivity index (χ2n) is 2.94. The molecule has 0 aliphatic carbocycles. The molecule has 0 amide bonds. The van der Waals surface area contributed by atoms with Crippen molar-refractivity contribution in [2.75, 3.05) is 11.5 Å². The average Bonchev–Trinajstić information content (AvgIpc) is 1.92. The zero-order valence-electron chi connectivity index (χ0n) is 9.51. The summed E-state index contributed by atoms with van der Waals surface area (Å²) in [5, 5.41) is 0. The molecule has 0 heterocycles. The zero-order valence-corrected chi connectivity index (χ0v) is 15.1. The van der Waals surface area contributed by atoms with E-state index in [0.29, 0.717) is 12.8 Å². The van der Waals surface area contributed by atoms with Crippen molar-refractivity contribution in [2.24, 2.45) is 0 Å². The maximum atomic E-state index is 10.1.